The molecule has 0 unspecified atom stereocenters. The van der Waals surface area contributed by atoms with Gasteiger partial charge in [0.05, 0.1) is 5.56 Å². The van der Waals surface area contributed by atoms with Crippen LogP contribution in [0.25, 0.3) is 0 Å². The third-order valence-corrected chi connectivity index (χ3v) is 1.98. The minimum atomic E-state index is -0.945. The van der Waals surface area contributed by atoms with Gasteiger partial charge >= 0.3 is 5.97 Å². The predicted molar refractivity (Wildman–Crippen MR) is 60.8 cm³/mol. The highest BCUT2D eigenvalue weighted by atomic mass is 16.5. The molecule has 1 rings (SSSR count). The van der Waals surface area contributed by atoms with Crippen LogP contribution in [0.1, 0.15) is 23.7 Å². The van der Waals surface area contributed by atoms with E-state index in [1.165, 1.54) is 18.3 Å². The lowest BCUT2D eigenvalue weighted by Gasteiger charge is -2.05. The van der Waals surface area contributed by atoms with Crippen molar-refractivity contribution in [1.82, 2.24) is 4.98 Å². The molecule has 0 amide bonds. The van der Waals surface area contributed by atoms with Gasteiger partial charge in [0.15, 0.2) is 0 Å². The summed E-state index contributed by atoms with van der Waals surface area (Å²) < 4.78 is 5.18. The monoisotopic (exact) mass is 224 g/mol. The van der Waals surface area contributed by atoms with E-state index in [1.54, 1.807) is 0 Å². The maximum Gasteiger partial charge on any atom is 0.335 e. The quantitative estimate of drug-likeness (QED) is 0.688. The third-order valence-electron chi connectivity index (χ3n) is 1.98. The summed E-state index contributed by atoms with van der Waals surface area (Å²) in [6.45, 7) is 4.08. The maximum atomic E-state index is 10.7. The molecular weight excluding hydrogens is 208 g/mol. The standard InChI is InChI=1S/C11H16N2O3/c1-2-16-7-3-5-12-10-8-9(11(14)15)4-6-13-10/h4,6,8H,2-3,5,7H2,1H3,(H,12,13)(H,14,15). The minimum Gasteiger partial charge on any atom is -0.478 e. The van der Waals surface area contributed by atoms with Crippen LogP contribution in [0.2, 0.25) is 0 Å². The summed E-state index contributed by atoms with van der Waals surface area (Å²) in [4.78, 5) is 14.7. The van der Waals surface area contributed by atoms with Crippen LogP contribution in [0.5, 0.6) is 0 Å². The summed E-state index contributed by atoms with van der Waals surface area (Å²) in [5, 5.41) is 11.8. The maximum absolute atomic E-state index is 10.7. The van der Waals surface area contributed by atoms with Gasteiger partial charge in [-0.25, -0.2) is 9.78 Å². The topological polar surface area (TPSA) is 71.5 Å². The van der Waals surface area contributed by atoms with Gasteiger partial charge in [0, 0.05) is 26.0 Å². The number of carboxylic acids is 1. The zero-order valence-corrected chi connectivity index (χ0v) is 9.27. The van der Waals surface area contributed by atoms with E-state index in [0.29, 0.717) is 19.0 Å². The Labute approximate surface area is 94.5 Å². The Morgan fingerprint density at radius 3 is 3.12 bits per heavy atom. The molecule has 0 saturated heterocycles. The first kappa shape index (κ1) is 12.4. The summed E-state index contributed by atoms with van der Waals surface area (Å²) in [6, 6.07) is 2.98. The van der Waals surface area contributed by atoms with E-state index in [-0.39, 0.29) is 5.56 Å². The number of carboxylic acid groups (broad SMARTS) is 1. The highest BCUT2D eigenvalue weighted by Gasteiger charge is 2.03. The van der Waals surface area contributed by atoms with Gasteiger partial charge in [0.2, 0.25) is 0 Å². The number of carbonyl (C=O) groups is 1. The van der Waals surface area contributed by atoms with Crippen LogP contribution in [-0.4, -0.2) is 35.8 Å². The molecule has 0 spiro atoms. The number of rotatable bonds is 7. The Balaban J connectivity index is 2.36. The van der Waals surface area contributed by atoms with Crippen molar-refractivity contribution in [3.8, 4) is 0 Å². The molecule has 5 nitrogen and oxygen atoms in total. The largest absolute Gasteiger partial charge is 0.478 e. The van der Waals surface area contributed by atoms with Crippen molar-refractivity contribution in [3.05, 3.63) is 23.9 Å². The van der Waals surface area contributed by atoms with E-state index in [1.807, 2.05) is 6.92 Å². The summed E-state index contributed by atoms with van der Waals surface area (Å²) >= 11 is 0. The lowest BCUT2D eigenvalue weighted by atomic mass is 10.2. The number of ether oxygens (including phenoxy) is 1. The van der Waals surface area contributed by atoms with Gasteiger partial charge < -0.3 is 15.2 Å². The SMILES string of the molecule is CCOCCCNc1cc(C(=O)O)ccn1. The number of pyridine rings is 1. The van der Waals surface area contributed by atoms with Gasteiger partial charge in [0.1, 0.15) is 5.82 Å². The molecule has 16 heavy (non-hydrogen) atoms. The fourth-order valence-electron chi connectivity index (χ4n) is 1.20. The van der Waals surface area contributed by atoms with Crippen LogP contribution in [0.4, 0.5) is 5.82 Å². The molecule has 0 radical (unpaired) electrons. The summed E-state index contributed by atoms with van der Waals surface area (Å²) in [6.07, 6.45) is 2.35. The molecule has 1 aromatic heterocycles. The molecule has 0 aliphatic heterocycles. The van der Waals surface area contributed by atoms with Crippen LogP contribution >= 0.6 is 0 Å². The average molecular weight is 224 g/mol. The van der Waals surface area contributed by atoms with E-state index in [2.05, 4.69) is 10.3 Å². The fraction of sp³-hybridized carbons (Fsp3) is 0.455. The normalized spacial score (nSPS) is 10.1. The Bertz CT molecular complexity index is 342. The first-order chi connectivity index (χ1) is 7.74. The zero-order chi connectivity index (χ0) is 11.8. The second kappa shape index (κ2) is 6.79. The first-order valence-electron chi connectivity index (χ1n) is 5.25. The van der Waals surface area contributed by atoms with Crippen molar-refractivity contribution in [2.75, 3.05) is 25.1 Å². The summed E-state index contributed by atoms with van der Waals surface area (Å²) in [7, 11) is 0. The van der Waals surface area contributed by atoms with Gasteiger partial charge in [-0.05, 0) is 25.5 Å². The van der Waals surface area contributed by atoms with Gasteiger partial charge in [-0.1, -0.05) is 0 Å². The van der Waals surface area contributed by atoms with Crippen LogP contribution in [-0.2, 0) is 4.74 Å². The molecular formula is C11H16N2O3. The van der Waals surface area contributed by atoms with Crippen molar-refractivity contribution in [1.29, 1.82) is 0 Å². The van der Waals surface area contributed by atoms with Crippen molar-refractivity contribution in [3.63, 3.8) is 0 Å². The lowest BCUT2D eigenvalue weighted by molar-refractivity contribution is 0.0697. The molecule has 0 aliphatic rings. The van der Waals surface area contributed by atoms with E-state index < -0.39 is 5.97 Å². The molecule has 88 valence electrons. The number of anilines is 1. The molecule has 0 saturated carbocycles. The predicted octanol–water partition coefficient (Wildman–Crippen LogP) is 1.62. The Morgan fingerprint density at radius 1 is 1.62 bits per heavy atom. The Hall–Kier alpha value is -1.62. The zero-order valence-electron chi connectivity index (χ0n) is 9.27. The third kappa shape index (κ3) is 4.27. The first-order valence-corrected chi connectivity index (χ1v) is 5.25. The van der Waals surface area contributed by atoms with E-state index in [0.717, 1.165) is 13.0 Å². The number of aromatic nitrogens is 1. The highest BCUT2D eigenvalue weighted by molar-refractivity contribution is 5.88. The second-order valence-corrected chi connectivity index (χ2v) is 3.21. The minimum absolute atomic E-state index is 0.238. The molecule has 2 N–H and O–H groups in total. The Kier molecular flexibility index (Phi) is 5.28. The van der Waals surface area contributed by atoms with Crippen molar-refractivity contribution >= 4 is 11.8 Å². The van der Waals surface area contributed by atoms with Crippen LogP contribution in [0.3, 0.4) is 0 Å². The molecule has 5 heteroatoms. The highest BCUT2D eigenvalue weighted by Crippen LogP contribution is 2.06. The van der Waals surface area contributed by atoms with E-state index in [9.17, 15) is 4.79 Å². The average Bonchev–Trinajstić information content (AvgIpc) is 2.29. The molecule has 0 atom stereocenters. The number of nitrogens with zero attached hydrogens (tertiary/aromatic N) is 1. The molecule has 0 aromatic carbocycles. The number of nitrogens with one attached hydrogen (secondary N) is 1. The van der Waals surface area contributed by atoms with Crippen molar-refractivity contribution < 1.29 is 14.6 Å². The summed E-state index contributed by atoms with van der Waals surface area (Å²) in [5.41, 5.74) is 0.238. The smallest absolute Gasteiger partial charge is 0.335 e. The lowest BCUT2D eigenvalue weighted by Crippen LogP contribution is -2.07. The molecule has 0 fully saturated rings. The van der Waals surface area contributed by atoms with E-state index in [4.69, 9.17) is 9.84 Å². The molecule has 1 aromatic rings. The summed E-state index contributed by atoms with van der Waals surface area (Å²) in [5.74, 6) is -0.365. The van der Waals surface area contributed by atoms with Gasteiger partial charge in [-0.3, -0.25) is 0 Å². The van der Waals surface area contributed by atoms with Crippen molar-refractivity contribution in [2.45, 2.75) is 13.3 Å². The van der Waals surface area contributed by atoms with Crippen LogP contribution in [0, 0.1) is 0 Å². The number of hydrogen-bond acceptors (Lipinski definition) is 4. The van der Waals surface area contributed by atoms with Gasteiger partial charge in [0.25, 0.3) is 0 Å². The van der Waals surface area contributed by atoms with Gasteiger partial charge in [-0.15, -0.1) is 0 Å². The number of aromatic carboxylic acids is 1. The van der Waals surface area contributed by atoms with E-state index >= 15 is 0 Å². The second-order valence-electron chi connectivity index (χ2n) is 3.21. The van der Waals surface area contributed by atoms with Crippen molar-refractivity contribution in [2.24, 2.45) is 0 Å². The molecule has 0 aliphatic carbocycles. The van der Waals surface area contributed by atoms with Crippen LogP contribution in [0.15, 0.2) is 18.3 Å². The molecule has 0 bridgehead atoms. The number of hydrogen-bond donors (Lipinski definition) is 2. The molecule has 1 heterocycles. The fourth-order valence-corrected chi connectivity index (χ4v) is 1.20. The van der Waals surface area contributed by atoms with Crippen LogP contribution < -0.4 is 5.32 Å². The van der Waals surface area contributed by atoms with Gasteiger partial charge in [-0.2, -0.15) is 0 Å². The Morgan fingerprint density at radius 2 is 2.44 bits per heavy atom.